The van der Waals surface area contributed by atoms with Crippen molar-refractivity contribution in [2.45, 2.75) is 13.3 Å². The molecular weight excluding hydrogens is 358 g/mol. The quantitative estimate of drug-likeness (QED) is 0.730. The molecule has 148 valence electrons. The van der Waals surface area contributed by atoms with Crippen LogP contribution in [0.15, 0.2) is 42.7 Å². The number of carbonyl (C=O) groups is 2. The highest BCUT2D eigenvalue weighted by molar-refractivity contribution is 6.01. The molecule has 0 radical (unpaired) electrons. The third kappa shape index (κ3) is 5.26. The Kier molecular flexibility index (Phi) is 6.91. The summed E-state index contributed by atoms with van der Waals surface area (Å²) in [6, 6.07) is 8.70. The lowest BCUT2D eigenvalue weighted by atomic mass is 10.1. The van der Waals surface area contributed by atoms with Crippen LogP contribution >= 0.6 is 0 Å². The first-order valence-electron chi connectivity index (χ1n) is 9.47. The molecule has 1 aromatic carbocycles. The van der Waals surface area contributed by atoms with Crippen molar-refractivity contribution in [1.29, 1.82) is 0 Å². The van der Waals surface area contributed by atoms with Crippen LogP contribution in [0.25, 0.3) is 0 Å². The van der Waals surface area contributed by atoms with Crippen LogP contribution in [0.4, 0.5) is 11.6 Å². The normalized spacial score (nSPS) is 14.5. The summed E-state index contributed by atoms with van der Waals surface area (Å²) >= 11 is 0. The number of amides is 1. The third-order valence-corrected chi connectivity index (χ3v) is 4.56. The molecule has 0 spiro atoms. The molecule has 1 fully saturated rings. The van der Waals surface area contributed by atoms with Gasteiger partial charge in [0.1, 0.15) is 0 Å². The zero-order valence-electron chi connectivity index (χ0n) is 16.0. The minimum absolute atomic E-state index is 0.120. The second-order valence-electron chi connectivity index (χ2n) is 6.44. The first-order chi connectivity index (χ1) is 13.7. The van der Waals surface area contributed by atoms with Gasteiger partial charge in [0, 0.05) is 51.5 Å². The van der Waals surface area contributed by atoms with Gasteiger partial charge < -0.3 is 15.0 Å². The Balaban J connectivity index is 1.46. The largest absolute Gasteiger partial charge is 0.462 e. The summed E-state index contributed by atoms with van der Waals surface area (Å²) in [5.41, 5.74) is 0.853. The zero-order valence-corrected chi connectivity index (χ0v) is 16.0. The van der Waals surface area contributed by atoms with E-state index >= 15 is 0 Å². The number of nitrogens with one attached hydrogen (secondary N) is 1. The average molecular weight is 383 g/mol. The highest BCUT2D eigenvalue weighted by Gasteiger charge is 2.20. The fraction of sp³-hybridized carbons (Fsp3) is 0.400. The SMILES string of the molecule is CCOC(=O)c1ccccc1NC(=O)CCN1CCN(c2ncccn2)CC1. The fourth-order valence-electron chi connectivity index (χ4n) is 3.08. The minimum atomic E-state index is -0.433. The van der Waals surface area contributed by atoms with Gasteiger partial charge in [-0.2, -0.15) is 0 Å². The molecule has 1 aliphatic rings. The molecule has 2 heterocycles. The second kappa shape index (κ2) is 9.80. The lowest BCUT2D eigenvalue weighted by Crippen LogP contribution is -2.47. The Hall–Kier alpha value is -3.00. The van der Waals surface area contributed by atoms with Gasteiger partial charge in [0.15, 0.2) is 0 Å². The van der Waals surface area contributed by atoms with E-state index in [4.69, 9.17) is 4.74 Å². The number of ether oxygens (including phenoxy) is 1. The molecule has 1 N–H and O–H groups in total. The number of para-hydroxylation sites is 1. The van der Waals surface area contributed by atoms with E-state index in [1.54, 1.807) is 49.6 Å². The van der Waals surface area contributed by atoms with Crippen LogP contribution in [0.1, 0.15) is 23.7 Å². The molecule has 0 saturated carbocycles. The molecule has 1 aromatic heterocycles. The summed E-state index contributed by atoms with van der Waals surface area (Å²) in [5.74, 6) is 0.193. The van der Waals surface area contributed by atoms with Crippen molar-refractivity contribution < 1.29 is 14.3 Å². The van der Waals surface area contributed by atoms with Gasteiger partial charge in [-0.15, -0.1) is 0 Å². The minimum Gasteiger partial charge on any atom is -0.462 e. The Labute approximate surface area is 164 Å². The number of hydrogen-bond acceptors (Lipinski definition) is 7. The first-order valence-corrected chi connectivity index (χ1v) is 9.47. The molecule has 8 nitrogen and oxygen atoms in total. The topological polar surface area (TPSA) is 87.7 Å². The van der Waals surface area contributed by atoms with Gasteiger partial charge in [0.2, 0.25) is 11.9 Å². The standard InChI is InChI=1S/C20H25N5O3/c1-2-28-19(27)16-6-3-4-7-17(16)23-18(26)8-11-24-12-14-25(15-13-24)20-21-9-5-10-22-20/h3-7,9-10H,2,8,11-15H2,1H3,(H,23,26). The number of anilines is 2. The molecule has 0 unspecified atom stereocenters. The van der Waals surface area contributed by atoms with Crippen LogP contribution in [-0.4, -0.2) is 66.1 Å². The monoisotopic (exact) mass is 383 g/mol. The van der Waals surface area contributed by atoms with Crippen molar-refractivity contribution in [3.8, 4) is 0 Å². The highest BCUT2D eigenvalue weighted by Crippen LogP contribution is 2.17. The summed E-state index contributed by atoms with van der Waals surface area (Å²) in [7, 11) is 0. The number of aromatic nitrogens is 2. The summed E-state index contributed by atoms with van der Waals surface area (Å²) in [4.78, 5) is 37.3. The Morgan fingerprint density at radius 2 is 1.79 bits per heavy atom. The molecule has 8 heteroatoms. The number of nitrogens with zero attached hydrogens (tertiary/aromatic N) is 4. The fourth-order valence-corrected chi connectivity index (χ4v) is 3.08. The summed E-state index contributed by atoms with van der Waals surface area (Å²) < 4.78 is 5.04. The maximum absolute atomic E-state index is 12.4. The number of esters is 1. The smallest absolute Gasteiger partial charge is 0.340 e. The number of hydrogen-bond donors (Lipinski definition) is 1. The van der Waals surface area contributed by atoms with Crippen LogP contribution < -0.4 is 10.2 Å². The Morgan fingerprint density at radius 3 is 2.50 bits per heavy atom. The van der Waals surface area contributed by atoms with E-state index in [1.165, 1.54) is 0 Å². The lowest BCUT2D eigenvalue weighted by Gasteiger charge is -2.34. The van der Waals surface area contributed by atoms with E-state index in [9.17, 15) is 9.59 Å². The van der Waals surface area contributed by atoms with Crippen LogP contribution in [0.2, 0.25) is 0 Å². The van der Waals surface area contributed by atoms with Crippen LogP contribution in [0.5, 0.6) is 0 Å². The van der Waals surface area contributed by atoms with E-state index < -0.39 is 5.97 Å². The van der Waals surface area contributed by atoms with E-state index in [-0.39, 0.29) is 5.91 Å². The number of benzene rings is 1. The van der Waals surface area contributed by atoms with Gasteiger partial charge >= 0.3 is 5.97 Å². The average Bonchev–Trinajstić information content (AvgIpc) is 2.74. The van der Waals surface area contributed by atoms with Crippen molar-refractivity contribution in [2.75, 3.05) is 49.5 Å². The maximum atomic E-state index is 12.4. The second-order valence-corrected chi connectivity index (χ2v) is 6.44. The van der Waals surface area contributed by atoms with E-state index in [0.29, 0.717) is 30.8 Å². The molecule has 2 aromatic rings. The molecule has 1 saturated heterocycles. The Bertz CT molecular complexity index is 791. The van der Waals surface area contributed by atoms with Gasteiger partial charge in [-0.25, -0.2) is 14.8 Å². The van der Waals surface area contributed by atoms with Crippen molar-refractivity contribution in [2.24, 2.45) is 0 Å². The first kappa shape index (κ1) is 19.8. The summed E-state index contributed by atoms with van der Waals surface area (Å²) in [6.45, 7) is 6.07. The van der Waals surface area contributed by atoms with Gasteiger partial charge in [-0.3, -0.25) is 9.69 Å². The van der Waals surface area contributed by atoms with Gasteiger partial charge in [0.05, 0.1) is 17.9 Å². The zero-order chi connectivity index (χ0) is 19.8. The van der Waals surface area contributed by atoms with Crippen molar-refractivity contribution in [1.82, 2.24) is 14.9 Å². The van der Waals surface area contributed by atoms with E-state index in [1.807, 2.05) is 0 Å². The molecule has 0 bridgehead atoms. The predicted molar refractivity (Wildman–Crippen MR) is 106 cm³/mol. The number of piperazine rings is 1. The molecule has 3 rings (SSSR count). The maximum Gasteiger partial charge on any atom is 0.340 e. The number of carbonyl (C=O) groups excluding carboxylic acids is 2. The van der Waals surface area contributed by atoms with Crippen LogP contribution in [0.3, 0.4) is 0 Å². The van der Waals surface area contributed by atoms with Crippen molar-refractivity contribution >= 4 is 23.5 Å². The van der Waals surface area contributed by atoms with Gasteiger partial charge in [0.25, 0.3) is 0 Å². The van der Waals surface area contributed by atoms with Crippen LogP contribution in [0, 0.1) is 0 Å². The molecular formula is C20H25N5O3. The number of rotatable bonds is 7. The lowest BCUT2D eigenvalue weighted by molar-refractivity contribution is -0.116. The third-order valence-electron chi connectivity index (χ3n) is 4.56. The molecule has 1 amide bonds. The highest BCUT2D eigenvalue weighted by atomic mass is 16.5. The van der Waals surface area contributed by atoms with E-state index in [0.717, 1.165) is 32.1 Å². The summed E-state index contributed by atoms with van der Waals surface area (Å²) in [5, 5.41) is 2.83. The summed E-state index contributed by atoms with van der Waals surface area (Å²) in [6.07, 6.45) is 3.85. The van der Waals surface area contributed by atoms with Crippen molar-refractivity contribution in [3.05, 3.63) is 48.3 Å². The van der Waals surface area contributed by atoms with E-state index in [2.05, 4.69) is 25.1 Å². The molecule has 1 aliphatic heterocycles. The molecule has 0 aliphatic carbocycles. The van der Waals surface area contributed by atoms with Gasteiger partial charge in [-0.05, 0) is 25.1 Å². The predicted octanol–water partition coefficient (Wildman–Crippen LogP) is 1.80. The molecule has 28 heavy (non-hydrogen) atoms. The van der Waals surface area contributed by atoms with Crippen molar-refractivity contribution in [3.63, 3.8) is 0 Å². The Morgan fingerprint density at radius 1 is 1.07 bits per heavy atom. The van der Waals surface area contributed by atoms with Crippen LogP contribution in [-0.2, 0) is 9.53 Å². The molecule has 0 atom stereocenters. The van der Waals surface area contributed by atoms with Gasteiger partial charge in [-0.1, -0.05) is 12.1 Å².